The first-order valence-electron chi connectivity index (χ1n) is 6.64. The Kier molecular flexibility index (Phi) is 3.01. The van der Waals surface area contributed by atoms with Crippen molar-refractivity contribution in [3.05, 3.63) is 57.2 Å². The Morgan fingerprint density at radius 3 is 2.67 bits per heavy atom. The van der Waals surface area contributed by atoms with Gasteiger partial charge in [-0.1, -0.05) is 6.07 Å². The van der Waals surface area contributed by atoms with Gasteiger partial charge < -0.3 is 9.52 Å². The Bertz CT molecular complexity index is 889. The molecule has 0 aromatic heterocycles. The number of carboxylic acids is 1. The smallest absolute Gasteiger partial charge is 0.307 e. The topological polar surface area (TPSA) is 67.5 Å². The van der Waals surface area contributed by atoms with Crippen LogP contribution in [0.1, 0.15) is 16.7 Å². The van der Waals surface area contributed by atoms with Gasteiger partial charge in [-0.2, -0.15) is 0 Å². The van der Waals surface area contributed by atoms with E-state index >= 15 is 0 Å². The molecule has 0 saturated carbocycles. The lowest BCUT2D eigenvalue weighted by Crippen LogP contribution is -2.03. The van der Waals surface area contributed by atoms with Crippen LogP contribution in [0.15, 0.2) is 39.5 Å². The van der Waals surface area contributed by atoms with Crippen LogP contribution in [0.5, 0.6) is 0 Å². The maximum absolute atomic E-state index is 11.4. The normalized spacial score (nSPS) is 11.1. The van der Waals surface area contributed by atoms with E-state index in [9.17, 15) is 9.59 Å². The summed E-state index contributed by atoms with van der Waals surface area (Å²) in [6, 6.07) is 8.42. The van der Waals surface area contributed by atoms with Crippen LogP contribution < -0.4 is 5.43 Å². The molecular formula is C17H14O4. The molecule has 1 aromatic rings. The maximum atomic E-state index is 11.4. The molecule has 0 fully saturated rings. The van der Waals surface area contributed by atoms with Gasteiger partial charge in [0.2, 0.25) is 0 Å². The SMILES string of the molecule is Cc1cc(CC(=O)O)c2oc3cc(=O)ccc-3cc2c1C. The highest BCUT2D eigenvalue weighted by Crippen LogP contribution is 2.32. The zero-order chi connectivity index (χ0) is 15.1. The van der Waals surface area contributed by atoms with Gasteiger partial charge in [-0.15, -0.1) is 0 Å². The van der Waals surface area contributed by atoms with Gasteiger partial charge in [0.15, 0.2) is 5.43 Å². The van der Waals surface area contributed by atoms with Crippen molar-refractivity contribution in [2.75, 3.05) is 0 Å². The van der Waals surface area contributed by atoms with Crippen LogP contribution in [0, 0.1) is 13.8 Å². The number of hydrogen-bond donors (Lipinski definition) is 1. The van der Waals surface area contributed by atoms with E-state index in [1.165, 1.54) is 12.1 Å². The summed E-state index contributed by atoms with van der Waals surface area (Å²) in [5.41, 5.74) is 3.94. The molecule has 4 nitrogen and oxygen atoms in total. The predicted octanol–water partition coefficient (Wildman–Crippen LogP) is 3.14. The number of aliphatic carboxylic acids is 1. The van der Waals surface area contributed by atoms with Crippen molar-refractivity contribution in [1.29, 1.82) is 0 Å². The molecule has 0 saturated heterocycles. The molecule has 0 unspecified atom stereocenters. The molecule has 1 aliphatic heterocycles. The third kappa shape index (κ3) is 2.29. The Morgan fingerprint density at radius 1 is 1.19 bits per heavy atom. The molecule has 2 aliphatic rings. The summed E-state index contributed by atoms with van der Waals surface area (Å²) in [6.45, 7) is 3.93. The summed E-state index contributed by atoms with van der Waals surface area (Å²) in [6.07, 6.45) is -0.107. The maximum Gasteiger partial charge on any atom is 0.307 e. The van der Waals surface area contributed by atoms with E-state index in [0.717, 1.165) is 22.1 Å². The van der Waals surface area contributed by atoms with Gasteiger partial charge in [0.05, 0.1) is 6.42 Å². The highest BCUT2D eigenvalue weighted by Gasteiger charge is 2.15. The second kappa shape index (κ2) is 4.74. The minimum Gasteiger partial charge on any atom is -0.481 e. The number of carboxylic acid groups (broad SMARTS) is 1. The molecule has 1 heterocycles. The first-order chi connectivity index (χ1) is 9.95. The number of carbonyl (C=O) groups is 1. The number of benzene rings is 2. The van der Waals surface area contributed by atoms with Crippen LogP contribution in [0.25, 0.3) is 22.3 Å². The van der Waals surface area contributed by atoms with Crippen LogP contribution in [-0.2, 0) is 11.2 Å². The Balaban J connectivity index is 2.43. The summed E-state index contributed by atoms with van der Waals surface area (Å²) in [5.74, 6) is -0.433. The van der Waals surface area contributed by atoms with Gasteiger partial charge in [0, 0.05) is 22.6 Å². The van der Waals surface area contributed by atoms with Gasteiger partial charge in [0.25, 0.3) is 0 Å². The van der Waals surface area contributed by atoms with Crippen molar-refractivity contribution in [2.24, 2.45) is 0 Å². The van der Waals surface area contributed by atoms with E-state index in [1.807, 2.05) is 26.0 Å². The van der Waals surface area contributed by atoms with E-state index in [0.29, 0.717) is 16.9 Å². The highest BCUT2D eigenvalue weighted by atomic mass is 16.4. The lowest BCUT2D eigenvalue weighted by molar-refractivity contribution is -0.136. The van der Waals surface area contributed by atoms with E-state index in [1.54, 1.807) is 6.07 Å². The van der Waals surface area contributed by atoms with Crippen LogP contribution in [-0.4, -0.2) is 11.1 Å². The number of aryl methyl sites for hydroxylation is 2. The van der Waals surface area contributed by atoms with Crippen LogP contribution in [0.2, 0.25) is 0 Å². The monoisotopic (exact) mass is 282 g/mol. The predicted molar refractivity (Wildman–Crippen MR) is 79.9 cm³/mol. The zero-order valence-corrected chi connectivity index (χ0v) is 11.8. The van der Waals surface area contributed by atoms with Gasteiger partial charge >= 0.3 is 5.97 Å². The molecule has 3 rings (SSSR count). The molecule has 0 spiro atoms. The number of rotatable bonds is 2. The van der Waals surface area contributed by atoms with E-state index < -0.39 is 5.97 Å². The first-order valence-corrected chi connectivity index (χ1v) is 6.64. The summed E-state index contributed by atoms with van der Waals surface area (Å²) in [5, 5.41) is 9.94. The van der Waals surface area contributed by atoms with Crippen molar-refractivity contribution in [3.63, 3.8) is 0 Å². The van der Waals surface area contributed by atoms with Gasteiger partial charge in [0.1, 0.15) is 11.3 Å². The Hall–Kier alpha value is -2.62. The summed E-state index contributed by atoms with van der Waals surface area (Å²) < 4.78 is 5.83. The molecule has 0 radical (unpaired) electrons. The average molecular weight is 282 g/mol. The van der Waals surface area contributed by atoms with Gasteiger partial charge in [-0.05, 0) is 43.2 Å². The van der Waals surface area contributed by atoms with Crippen molar-refractivity contribution in [3.8, 4) is 11.3 Å². The third-order valence-electron chi connectivity index (χ3n) is 3.76. The van der Waals surface area contributed by atoms with E-state index in [4.69, 9.17) is 9.52 Å². The van der Waals surface area contributed by atoms with E-state index in [2.05, 4.69) is 0 Å². The van der Waals surface area contributed by atoms with Gasteiger partial charge in [-0.25, -0.2) is 0 Å². The summed E-state index contributed by atoms with van der Waals surface area (Å²) >= 11 is 0. The second-order valence-corrected chi connectivity index (χ2v) is 5.24. The minimum atomic E-state index is -0.910. The summed E-state index contributed by atoms with van der Waals surface area (Å²) in [4.78, 5) is 22.5. The molecule has 1 aliphatic carbocycles. The largest absolute Gasteiger partial charge is 0.481 e. The molecule has 0 bridgehead atoms. The van der Waals surface area contributed by atoms with Gasteiger partial charge in [-0.3, -0.25) is 9.59 Å². The Morgan fingerprint density at radius 2 is 1.95 bits per heavy atom. The molecule has 4 heteroatoms. The average Bonchev–Trinajstić information content (AvgIpc) is 2.42. The fraction of sp³-hybridized carbons (Fsp3) is 0.176. The third-order valence-corrected chi connectivity index (χ3v) is 3.76. The lowest BCUT2D eigenvalue weighted by Gasteiger charge is -2.13. The molecular weight excluding hydrogens is 268 g/mol. The lowest BCUT2D eigenvalue weighted by atomic mass is 9.97. The van der Waals surface area contributed by atoms with Crippen LogP contribution in [0.3, 0.4) is 0 Å². The fourth-order valence-electron chi connectivity index (χ4n) is 2.57. The molecule has 1 aromatic carbocycles. The number of fused-ring (bicyclic) bond motifs is 2. The van der Waals surface area contributed by atoms with Crippen LogP contribution >= 0.6 is 0 Å². The van der Waals surface area contributed by atoms with Crippen molar-refractivity contribution >= 4 is 16.9 Å². The molecule has 1 N–H and O–H groups in total. The van der Waals surface area contributed by atoms with Crippen molar-refractivity contribution < 1.29 is 14.3 Å². The standard InChI is InChI=1S/C17H14O4/c1-9-5-12(7-16(19)20)17-14(10(9)2)6-11-3-4-13(18)8-15(11)21-17/h3-6,8H,7H2,1-2H3,(H,19,20). The van der Waals surface area contributed by atoms with Crippen LogP contribution in [0.4, 0.5) is 0 Å². The van der Waals surface area contributed by atoms with Crippen molar-refractivity contribution in [2.45, 2.75) is 20.3 Å². The molecule has 106 valence electrons. The quantitative estimate of drug-likeness (QED) is 0.733. The molecule has 0 atom stereocenters. The highest BCUT2D eigenvalue weighted by molar-refractivity contribution is 5.90. The fourth-order valence-corrected chi connectivity index (χ4v) is 2.57. The first kappa shape index (κ1) is 13.4. The van der Waals surface area contributed by atoms with Crippen molar-refractivity contribution in [1.82, 2.24) is 0 Å². The zero-order valence-electron chi connectivity index (χ0n) is 11.8. The minimum absolute atomic E-state index is 0.107. The summed E-state index contributed by atoms with van der Waals surface area (Å²) in [7, 11) is 0. The van der Waals surface area contributed by atoms with E-state index in [-0.39, 0.29) is 11.8 Å². The second-order valence-electron chi connectivity index (χ2n) is 5.24. The molecule has 21 heavy (non-hydrogen) atoms. The molecule has 0 amide bonds. The Labute approximate surface area is 121 Å². The number of hydrogen-bond acceptors (Lipinski definition) is 3.